The first-order valence-corrected chi connectivity index (χ1v) is 7.97. The third-order valence-corrected chi connectivity index (χ3v) is 4.67. The van der Waals surface area contributed by atoms with Crippen molar-refractivity contribution in [2.75, 3.05) is 18.9 Å². The summed E-state index contributed by atoms with van der Waals surface area (Å²) in [6, 6.07) is 7.70. The molecule has 0 aromatic heterocycles. The number of hydrogen-bond acceptors (Lipinski definition) is 3. The van der Waals surface area contributed by atoms with Gasteiger partial charge in [-0.2, -0.15) is 0 Å². The van der Waals surface area contributed by atoms with E-state index < -0.39 is 0 Å². The Hall–Kier alpha value is -1.55. The van der Waals surface area contributed by atoms with E-state index in [0.717, 1.165) is 43.5 Å². The maximum Gasteiger partial charge on any atom is 0.230 e. The van der Waals surface area contributed by atoms with Crippen LogP contribution in [0.5, 0.6) is 0 Å². The molecule has 1 aliphatic carbocycles. The number of rotatable bonds is 5. The van der Waals surface area contributed by atoms with E-state index in [1.807, 2.05) is 24.3 Å². The smallest absolute Gasteiger partial charge is 0.230 e. The zero-order valence-corrected chi connectivity index (χ0v) is 12.4. The number of hydrogen-bond donors (Lipinski definition) is 2. The molecule has 3 N–H and O–H groups in total. The molecule has 21 heavy (non-hydrogen) atoms. The van der Waals surface area contributed by atoms with Crippen molar-refractivity contribution in [1.82, 2.24) is 5.32 Å². The van der Waals surface area contributed by atoms with Gasteiger partial charge >= 0.3 is 0 Å². The quantitative estimate of drug-likeness (QED) is 0.818. The Balaban J connectivity index is 1.51. The summed E-state index contributed by atoms with van der Waals surface area (Å²) in [6.45, 7) is 1.58. The van der Waals surface area contributed by atoms with Crippen LogP contribution >= 0.6 is 0 Å². The molecule has 0 bridgehead atoms. The van der Waals surface area contributed by atoms with Crippen molar-refractivity contribution in [1.29, 1.82) is 0 Å². The van der Waals surface area contributed by atoms with Crippen molar-refractivity contribution in [3.05, 3.63) is 29.8 Å². The second-order valence-electron chi connectivity index (χ2n) is 6.24. The molecule has 2 aliphatic rings. The van der Waals surface area contributed by atoms with Gasteiger partial charge in [-0.1, -0.05) is 12.1 Å². The number of anilines is 1. The van der Waals surface area contributed by atoms with Gasteiger partial charge in [-0.3, -0.25) is 4.79 Å². The molecule has 1 heterocycles. The minimum absolute atomic E-state index is 0.156. The molecule has 1 unspecified atom stereocenters. The van der Waals surface area contributed by atoms with Gasteiger partial charge in [0.15, 0.2) is 0 Å². The largest absolute Gasteiger partial charge is 0.399 e. The average molecular weight is 288 g/mol. The minimum atomic E-state index is -0.304. The van der Waals surface area contributed by atoms with Crippen LogP contribution in [0.4, 0.5) is 5.69 Å². The topological polar surface area (TPSA) is 64.4 Å². The normalized spacial score (nSPS) is 23.5. The second-order valence-corrected chi connectivity index (χ2v) is 6.24. The van der Waals surface area contributed by atoms with Crippen LogP contribution in [0.25, 0.3) is 0 Å². The predicted molar refractivity (Wildman–Crippen MR) is 83.0 cm³/mol. The summed E-state index contributed by atoms with van der Waals surface area (Å²) < 4.78 is 5.69. The van der Waals surface area contributed by atoms with Gasteiger partial charge < -0.3 is 15.8 Å². The highest BCUT2D eigenvalue weighted by atomic mass is 16.5. The molecule has 1 aromatic carbocycles. The standard InChI is InChI=1S/C17H24N2O2/c18-14-6-4-13(5-7-14)17(9-10-17)16(20)19-11-8-15-3-1-2-12-21-15/h4-7,15H,1-3,8-12,18H2,(H,19,20). The monoisotopic (exact) mass is 288 g/mol. The summed E-state index contributed by atoms with van der Waals surface area (Å²) >= 11 is 0. The number of nitrogen functional groups attached to an aromatic ring is 1. The number of nitrogens with two attached hydrogens (primary N) is 1. The molecule has 3 rings (SSSR count). The molecule has 1 saturated carbocycles. The van der Waals surface area contributed by atoms with Crippen LogP contribution in [0, 0.1) is 0 Å². The van der Waals surface area contributed by atoms with Crippen molar-refractivity contribution >= 4 is 11.6 Å². The van der Waals surface area contributed by atoms with Gasteiger partial charge in [-0.05, 0) is 56.2 Å². The number of carbonyl (C=O) groups is 1. The molecule has 0 radical (unpaired) electrons. The maximum atomic E-state index is 12.5. The molecule has 2 fully saturated rings. The van der Waals surface area contributed by atoms with Crippen LogP contribution in [0.2, 0.25) is 0 Å². The lowest BCUT2D eigenvalue weighted by Crippen LogP contribution is -2.37. The van der Waals surface area contributed by atoms with Crippen LogP contribution in [-0.2, 0) is 14.9 Å². The molecular weight excluding hydrogens is 264 g/mol. The highest BCUT2D eigenvalue weighted by Crippen LogP contribution is 2.48. The van der Waals surface area contributed by atoms with Crippen molar-refractivity contribution in [3.63, 3.8) is 0 Å². The van der Waals surface area contributed by atoms with Gasteiger partial charge in [0.1, 0.15) is 0 Å². The molecule has 1 saturated heterocycles. The van der Waals surface area contributed by atoms with E-state index in [4.69, 9.17) is 10.5 Å². The second kappa shape index (κ2) is 6.06. The zero-order valence-electron chi connectivity index (χ0n) is 12.4. The van der Waals surface area contributed by atoms with E-state index in [0.29, 0.717) is 12.6 Å². The first-order chi connectivity index (χ1) is 10.2. The Morgan fingerprint density at radius 2 is 2.05 bits per heavy atom. The van der Waals surface area contributed by atoms with Crippen molar-refractivity contribution in [2.24, 2.45) is 0 Å². The Kier molecular flexibility index (Phi) is 4.15. The fourth-order valence-corrected chi connectivity index (χ4v) is 3.12. The van der Waals surface area contributed by atoms with E-state index >= 15 is 0 Å². The summed E-state index contributed by atoms with van der Waals surface area (Å²) in [4.78, 5) is 12.5. The molecule has 1 amide bonds. The lowest BCUT2D eigenvalue weighted by molar-refractivity contribution is -0.123. The van der Waals surface area contributed by atoms with E-state index in [2.05, 4.69) is 5.32 Å². The molecule has 1 aliphatic heterocycles. The van der Waals surface area contributed by atoms with E-state index in [1.54, 1.807) is 0 Å². The van der Waals surface area contributed by atoms with Crippen molar-refractivity contribution in [3.8, 4) is 0 Å². The average Bonchev–Trinajstić information content (AvgIpc) is 3.31. The third-order valence-electron chi connectivity index (χ3n) is 4.67. The number of amides is 1. The van der Waals surface area contributed by atoms with Crippen LogP contribution in [-0.4, -0.2) is 25.2 Å². The Bertz CT molecular complexity index is 488. The summed E-state index contributed by atoms with van der Waals surface area (Å²) in [7, 11) is 0. The Morgan fingerprint density at radius 3 is 2.67 bits per heavy atom. The third kappa shape index (κ3) is 3.21. The number of carbonyl (C=O) groups excluding carboxylic acids is 1. The van der Waals surface area contributed by atoms with E-state index in [9.17, 15) is 4.79 Å². The lowest BCUT2D eigenvalue weighted by atomic mass is 9.94. The molecular formula is C17H24N2O2. The summed E-state index contributed by atoms with van der Waals surface area (Å²) in [5, 5.41) is 3.10. The highest BCUT2D eigenvalue weighted by Gasteiger charge is 2.50. The lowest BCUT2D eigenvalue weighted by Gasteiger charge is -2.23. The van der Waals surface area contributed by atoms with Crippen LogP contribution < -0.4 is 11.1 Å². The predicted octanol–water partition coefficient (Wildman–Crippen LogP) is 2.38. The first kappa shape index (κ1) is 14.4. The molecule has 114 valence electrons. The van der Waals surface area contributed by atoms with Gasteiger partial charge in [0.05, 0.1) is 11.5 Å². The van der Waals surface area contributed by atoms with Gasteiger partial charge in [0.25, 0.3) is 0 Å². The summed E-state index contributed by atoms with van der Waals surface area (Å²) in [5.74, 6) is 0.156. The Labute approximate surface area is 126 Å². The zero-order chi connectivity index (χ0) is 14.7. The number of ether oxygens (including phenoxy) is 1. The molecule has 1 aromatic rings. The van der Waals surface area contributed by atoms with Gasteiger partial charge in [-0.15, -0.1) is 0 Å². The van der Waals surface area contributed by atoms with Gasteiger partial charge in [0.2, 0.25) is 5.91 Å². The van der Waals surface area contributed by atoms with Crippen LogP contribution in [0.1, 0.15) is 44.1 Å². The molecule has 4 nitrogen and oxygen atoms in total. The minimum Gasteiger partial charge on any atom is -0.399 e. The fourth-order valence-electron chi connectivity index (χ4n) is 3.12. The first-order valence-electron chi connectivity index (χ1n) is 7.97. The Morgan fingerprint density at radius 1 is 1.29 bits per heavy atom. The fraction of sp³-hybridized carbons (Fsp3) is 0.588. The van der Waals surface area contributed by atoms with Gasteiger partial charge in [0, 0.05) is 18.8 Å². The summed E-state index contributed by atoms with van der Waals surface area (Å²) in [6.07, 6.45) is 6.65. The van der Waals surface area contributed by atoms with Crippen LogP contribution in [0.15, 0.2) is 24.3 Å². The van der Waals surface area contributed by atoms with Gasteiger partial charge in [-0.25, -0.2) is 0 Å². The SMILES string of the molecule is Nc1ccc(C2(C(=O)NCCC3CCCCO3)CC2)cc1. The number of nitrogens with one attached hydrogen (secondary N) is 1. The number of benzene rings is 1. The van der Waals surface area contributed by atoms with E-state index in [1.165, 1.54) is 12.8 Å². The molecule has 4 heteroatoms. The molecule has 1 atom stereocenters. The highest BCUT2D eigenvalue weighted by molar-refractivity contribution is 5.91. The summed E-state index contributed by atoms with van der Waals surface area (Å²) in [5.41, 5.74) is 7.24. The van der Waals surface area contributed by atoms with Crippen molar-refractivity contribution in [2.45, 2.75) is 50.0 Å². The van der Waals surface area contributed by atoms with Crippen molar-refractivity contribution < 1.29 is 9.53 Å². The van der Waals surface area contributed by atoms with E-state index in [-0.39, 0.29) is 11.3 Å². The maximum absolute atomic E-state index is 12.5. The van der Waals surface area contributed by atoms with Crippen LogP contribution in [0.3, 0.4) is 0 Å². The molecule has 0 spiro atoms.